The molecular formula is C16H19ClN2S. The monoisotopic (exact) mass is 306 g/mol. The lowest BCUT2D eigenvalue weighted by Crippen LogP contribution is -2.16. The normalized spacial score (nSPS) is 12.4. The van der Waals surface area contributed by atoms with E-state index in [0.717, 1.165) is 10.8 Å². The van der Waals surface area contributed by atoms with Crippen molar-refractivity contribution in [2.24, 2.45) is 5.73 Å². The fraction of sp³-hybridized carbons (Fsp3) is 0.312. The maximum atomic E-state index is 6.35. The summed E-state index contributed by atoms with van der Waals surface area (Å²) in [6, 6.07) is 8.03. The molecule has 0 saturated carbocycles. The summed E-state index contributed by atoms with van der Waals surface area (Å²) in [5, 5.41) is 1.52. The number of halogens is 1. The van der Waals surface area contributed by atoms with E-state index in [-0.39, 0.29) is 6.04 Å². The Morgan fingerprint density at radius 1 is 1.25 bits per heavy atom. The number of hydrogen-bond donors (Lipinski definition) is 1. The molecule has 0 spiro atoms. The van der Waals surface area contributed by atoms with Gasteiger partial charge < -0.3 is 5.73 Å². The van der Waals surface area contributed by atoms with Gasteiger partial charge in [0, 0.05) is 18.0 Å². The number of hydrogen-bond acceptors (Lipinski definition) is 3. The summed E-state index contributed by atoms with van der Waals surface area (Å²) in [6.45, 7) is 6.35. The first-order chi connectivity index (χ1) is 9.49. The fourth-order valence-electron chi connectivity index (χ4n) is 2.51. The van der Waals surface area contributed by atoms with Crippen LogP contribution in [0.25, 0.3) is 0 Å². The minimum Gasteiger partial charge on any atom is -0.323 e. The molecule has 106 valence electrons. The van der Waals surface area contributed by atoms with Crippen LogP contribution in [0.5, 0.6) is 0 Å². The maximum Gasteiger partial charge on any atom is 0.115 e. The lowest BCUT2D eigenvalue weighted by atomic mass is 9.95. The summed E-state index contributed by atoms with van der Waals surface area (Å²) in [5.41, 5.74) is 11.4. The van der Waals surface area contributed by atoms with E-state index in [1.807, 2.05) is 12.1 Å². The molecule has 0 aliphatic rings. The van der Waals surface area contributed by atoms with Crippen LogP contribution in [0.3, 0.4) is 0 Å². The number of pyridine rings is 1. The molecule has 2 N–H and O–H groups in total. The third kappa shape index (κ3) is 3.54. The molecule has 1 aromatic carbocycles. The number of aryl methyl sites for hydroxylation is 3. The predicted molar refractivity (Wildman–Crippen MR) is 87.6 cm³/mol. The van der Waals surface area contributed by atoms with E-state index in [0.29, 0.717) is 5.02 Å². The molecule has 2 rings (SSSR count). The van der Waals surface area contributed by atoms with Crippen LogP contribution in [-0.4, -0.2) is 10.7 Å². The van der Waals surface area contributed by atoms with E-state index < -0.39 is 0 Å². The zero-order valence-electron chi connectivity index (χ0n) is 12.0. The Kier molecular flexibility index (Phi) is 5.08. The van der Waals surface area contributed by atoms with Gasteiger partial charge in [-0.2, -0.15) is 0 Å². The number of aromatic nitrogens is 1. The average molecular weight is 307 g/mol. The Morgan fingerprint density at radius 2 is 1.90 bits per heavy atom. The number of thioether (sulfide) groups is 1. The van der Waals surface area contributed by atoms with Crippen LogP contribution in [0.15, 0.2) is 35.5 Å². The molecule has 1 unspecified atom stereocenters. The summed E-state index contributed by atoms with van der Waals surface area (Å²) in [6.07, 6.45) is 1.75. The van der Waals surface area contributed by atoms with Gasteiger partial charge in [-0.15, -0.1) is 11.8 Å². The molecule has 20 heavy (non-hydrogen) atoms. The van der Waals surface area contributed by atoms with Crippen molar-refractivity contribution in [3.8, 4) is 0 Å². The van der Waals surface area contributed by atoms with Crippen molar-refractivity contribution in [3.05, 3.63) is 57.7 Å². The van der Waals surface area contributed by atoms with Gasteiger partial charge in [0.05, 0.1) is 5.02 Å². The minimum absolute atomic E-state index is 0.0151. The molecule has 2 aromatic rings. The van der Waals surface area contributed by atoms with Crippen molar-refractivity contribution in [2.75, 3.05) is 5.75 Å². The molecule has 0 amide bonds. The summed E-state index contributed by atoms with van der Waals surface area (Å²) in [7, 11) is 0. The second-order valence-corrected chi connectivity index (χ2v) is 6.44. The first kappa shape index (κ1) is 15.4. The molecule has 2 nitrogen and oxygen atoms in total. The van der Waals surface area contributed by atoms with Gasteiger partial charge in [-0.3, -0.25) is 0 Å². The van der Waals surface area contributed by atoms with Crippen LogP contribution >= 0.6 is 23.4 Å². The Hall–Kier alpha value is -1.03. The fourth-order valence-corrected chi connectivity index (χ4v) is 3.64. The van der Waals surface area contributed by atoms with E-state index in [2.05, 4.69) is 37.9 Å². The summed E-state index contributed by atoms with van der Waals surface area (Å²) in [4.78, 5) is 4.28. The molecule has 0 fully saturated rings. The second kappa shape index (κ2) is 6.61. The Balaban J connectivity index is 2.13. The molecule has 0 aliphatic heterocycles. The third-order valence-electron chi connectivity index (χ3n) is 3.23. The van der Waals surface area contributed by atoms with Crippen LogP contribution in [0.1, 0.15) is 28.3 Å². The van der Waals surface area contributed by atoms with Crippen molar-refractivity contribution in [1.82, 2.24) is 4.98 Å². The van der Waals surface area contributed by atoms with Gasteiger partial charge >= 0.3 is 0 Å². The van der Waals surface area contributed by atoms with Gasteiger partial charge in [-0.1, -0.05) is 29.3 Å². The van der Waals surface area contributed by atoms with E-state index in [4.69, 9.17) is 17.3 Å². The van der Waals surface area contributed by atoms with Crippen molar-refractivity contribution in [2.45, 2.75) is 31.8 Å². The Morgan fingerprint density at radius 3 is 2.50 bits per heavy atom. The predicted octanol–water partition coefficient (Wildman–Crippen LogP) is 4.45. The number of benzene rings is 1. The molecule has 0 radical (unpaired) electrons. The first-order valence-corrected chi connectivity index (χ1v) is 7.92. The van der Waals surface area contributed by atoms with Gasteiger partial charge in [0.2, 0.25) is 0 Å². The summed E-state index contributed by atoms with van der Waals surface area (Å²) >= 11 is 7.72. The first-order valence-electron chi connectivity index (χ1n) is 6.55. The molecule has 1 aromatic heterocycles. The highest BCUT2D eigenvalue weighted by Crippen LogP contribution is 2.30. The average Bonchev–Trinajstić information content (AvgIpc) is 2.36. The van der Waals surface area contributed by atoms with E-state index in [9.17, 15) is 0 Å². The molecule has 4 heteroatoms. The molecule has 1 atom stereocenters. The largest absolute Gasteiger partial charge is 0.323 e. The minimum atomic E-state index is -0.0151. The summed E-state index contributed by atoms with van der Waals surface area (Å²) in [5.74, 6) is 0.765. The maximum absolute atomic E-state index is 6.35. The zero-order chi connectivity index (χ0) is 14.7. The van der Waals surface area contributed by atoms with Crippen LogP contribution in [0, 0.1) is 20.8 Å². The summed E-state index contributed by atoms with van der Waals surface area (Å²) < 4.78 is 0. The molecule has 0 bridgehead atoms. The lowest BCUT2D eigenvalue weighted by Gasteiger charge is -2.18. The van der Waals surface area contributed by atoms with Gasteiger partial charge in [0.1, 0.15) is 5.03 Å². The number of nitrogens with two attached hydrogens (primary N) is 1. The van der Waals surface area contributed by atoms with Crippen molar-refractivity contribution in [3.63, 3.8) is 0 Å². The Labute approximate surface area is 129 Å². The zero-order valence-corrected chi connectivity index (χ0v) is 13.6. The van der Waals surface area contributed by atoms with Crippen molar-refractivity contribution < 1.29 is 0 Å². The smallest absolute Gasteiger partial charge is 0.115 e. The highest BCUT2D eigenvalue weighted by molar-refractivity contribution is 7.99. The highest BCUT2D eigenvalue weighted by Gasteiger charge is 2.14. The van der Waals surface area contributed by atoms with Crippen molar-refractivity contribution in [1.29, 1.82) is 0 Å². The topological polar surface area (TPSA) is 38.9 Å². The van der Waals surface area contributed by atoms with Crippen LogP contribution in [-0.2, 0) is 0 Å². The van der Waals surface area contributed by atoms with E-state index in [1.54, 1.807) is 18.0 Å². The van der Waals surface area contributed by atoms with Crippen LogP contribution in [0.2, 0.25) is 5.02 Å². The van der Waals surface area contributed by atoms with E-state index >= 15 is 0 Å². The molecule has 1 heterocycles. The van der Waals surface area contributed by atoms with Crippen LogP contribution < -0.4 is 5.73 Å². The standard InChI is InChI=1S/C16H19ClN2S/c1-10-7-11(2)15(12(3)8-10)14(18)9-20-16-13(17)5-4-6-19-16/h4-8,14H,9,18H2,1-3H3. The quantitative estimate of drug-likeness (QED) is 0.848. The van der Waals surface area contributed by atoms with Gasteiger partial charge in [0.25, 0.3) is 0 Å². The Bertz CT molecular complexity index is 590. The lowest BCUT2D eigenvalue weighted by molar-refractivity contribution is 0.812. The van der Waals surface area contributed by atoms with Gasteiger partial charge in [0.15, 0.2) is 0 Å². The van der Waals surface area contributed by atoms with Gasteiger partial charge in [-0.25, -0.2) is 4.98 Å². The van der Waals surface area contributed by atoms with Crippen LogP contribution in [0.4, 0.5) is 0 Å². The van der Waals surface area contributed by atoms with Crippen molar-refractivity contribution >= 4 is 23.4 Å². The molecule has 0 saturated heterocycles. The molecule has 0 aliphatic carbocycles. The highest BCUT2D eigenvalue weighted by atomic mass is 35.5. The molecular weight excluding hydrogens is 288 g/mol. The van der Waals surface area contributed by atoms with Gasteiger partial charge in [-0.05, 0) is 49.6 Å². The second-order valence-electron chi connectivity index (χ2n) is 5.02. The SMILES string of the molecule is Cc1cc(C)c(C(N)CSc2ncccc2Cl)c(C)c1. The number of rotatable bonds is 4. The van der Waals surface area contributed by atoms with E-state index in [1.165, 1.54) is 22.3 Å². The third-order valence-corrected chi connectivity index (χ3v) is 4.77. The number of nitrogens with zero attached hydrogens (tertiary/aromatic N) is 1.